The Morgan fingerprint density at radius 1 is 1.12 bits per heavy atom. The Morgan fingerprint density at radius 2 is 1.71 bits per heavy atom. The molecular weight excluding hydrogens is 253 g/mol. The van der Waals surface area contributed by atoms with E-state index in [1.807, 2.05) is 0 Å². The van der Waals surface area contributed by atoms with Crippen LogP contribution in [-0.2, 0) is 11.1 Å². The Hall–Kier alpha value is -0.100. The summed E-state index contributed by atoms with van der Waals surface area (Å²) in [5.41, 5.74) is 0. The zero-order valence-electron chi connectivity index (χ0n) is 9.45. The third-order valence-corrected chi connectivity index (χ3v) is 4.81. The van der Waals surface area contributed by atoms with E-state index in [1.54, 1.807) is 0 Å². The Labute approximate surface area is 101 Å². The highest BCUT2D eigenvalue weighted by Crippen LogP contribution is 2.50. The van der Waals surface area contributed by atoms with Gasteiger partial charge in [0.15, 0.2) is 11.1 Å². The number of alkyl halides is 3. The predicted octanol–water partition coefficient (Wildman–Crippen LogP) is 3.21. The minimum absolute atomic E-state index is 0.163. The van der Waals surface area contributed by atoms with Crippen LogP contribution in [0.3, 0.4) is 0 Å². The van der Waals surface area contributed by atoms with Gasteiger partial charge in [-0.15, -0.1) is 0 Å². The van der Waals surface area contributed by atoms with Crippen LogP contribution in [0.2, 0.25) is 0 Å². The van der Waals surface area contributed by atoms with Gasteiger partial charge in [0.25, 0.3) is 0 Å². The SMILES string of the molecule is O=S(O)CC1CCC(C2CC2)CC1C(F)(F)F. The van der Waals surface area contributed by atoms with Crippen molar-refractivity contribution in [1.29, 1.82) is 0 Å². The van der Waals surface area contributed by atoms with Crippen molar-refractivity contribution in [3.63, 3.8) is 0 Å². The number of hydrogen-bond donors (Lipinski definition) is 1. The topological polar surface area (TPSA) is 37.3 Å². The maximum Gasteiger partial charge on any atom is 0.392 e. The fourth-order valence-corrected chi connectivity index (χ4v) is 3.81. The van der Waals surface area contributed by atoms with Crippen molar-refractivity contribution < 1.29 is 21.9 Å². The van der Waals surface area contributed by atoms with E-state index in [1.165, 1.54) is 0 Å². The van der Waals surface area contributed by atoms with Crippen molar-refractivity contribution in [3.05, 3.63) is 0 Å². The third kappa shape index (κ3) is 3.44. The molecule has 0 amide bonds. The van der Waals surface area contributed by atoms with Gasteiger partial charge in [-0.1, -0.05) is 0 Å². The van der Waals surface area contributed by atoms with Gasteiger partial charge in [0.1, 0.15) is 0 Å². The van der Waals surface area contributed by atoms with E-state index >= 15 is 0 Å². The molecule has 4 atom stereocenters. The molecule has 2 rings (SSSR count). The first-order chi connectivity index (χ1) is 7.88. The summed E-state index contributed by atoms with van der Waals surface area (Å²) in [5, 5.41) is 0. The fraction of sp³-hybridized carbons (Fsp3) is 1.00. The number of rotatable bonds is 3. The van der Waals surface area contributed by atoms with Gasteiger partial charge in [-0.3, -0.25) is 0 Å². The van der Waals surface area contributed by atoms with E-state index in [-0.39, 0.29) is 18.1 Å². The van der Waals surface area contributed by atoms with Crippen LogP contribution in [0.1, 0.15) is 32.1 Å². The highest BCUT2D eigenvalue weighted by atomic mass is 32.2. The molecule has 0 aliphatic heterocycles. The zero-order valence-corrected chi connectivity index (χ0v) is 10.3. The Kier molecular flexibility index (Phi) is 3.83. The second kappa shape index (κ2) is 4.88. The second-order valence-corrected chi connectivity index (χ2v) is 6.28. The van der Waals surface area contributed by atoms with Crippen LogP contribution in [0.25, 0.3) is 0 Å². The zero-order chi connectivity index (χ0) is 12.6. The molecule has 0 saturated heterocycles. The maximum atomic E-state index is 12.9. The molecule has 6 heteroatoms. The summed E-state index contributed by atoms with van der Waals surface area (Å²) in [4.78, 5) is 0. The molecule has 2 saturated carbocycles. The number of halogens is 3. The highest BCUT2D eigenvalue weighted by molar-refractivity contribution is 7.79. The van der Waals surface area contributed by atoms with E-state index in [4.69, 9.17) is 4.55 Å². The highest BCUT2D eigenvalue weighted by Gasteiger charge is 2.50. The first kappa shape index (κ1) is 13.3. The molecule has 17 heavy (non-hydrogen) atoms. The average molecular weight is 270 g/mol. The van der Waals surface area contributed by atoms with Gasteiger partial charge in [0, 0.05) is 0 Å². The molecular formula is C11H17F3O2S. The van der Waals surface area contributed by atoms with Gasteiger partial charge in [0.05, 0.1) is 11.7 Å². The van der Waals surface area contributed by atoms with Crippen LogP contribution in [0.5, 0.6) is 0 Å². The van der Waals surface area contributed by atoms with Gasteiger partial charge in [0.2, 0.25) is 0 Å². The summed E-state index contributed by atoms with van der Waals surface area (Å²) in [6.07, 6.45) is -0.706. The van der Waals surface area contributed by atoms with E-state index in [2.05, 4.69) is 0 Å². The molecule has 0 aromatic carbocycles. The second-order valence-electron chi connectivity index (χ2n) is 5.31. The van der Waals surface area contributed by atoms with Gasteiger partial charge < -0.3 is 4.55 Å². The maximum absolute atomic E-state index is 12.9. The van der Waals surface area contributed by atoms with Crippen LogP contribution >= 0.6 is 0 Å². The Morgan fingerprint density at radius 3 is 2.18 bits per heavy atom. The summed E-state index contributed by atoms with van der Waals surface area (Å²) in [5.74, 6) is -1.61. The lowest BCUT2D eigenvalue weighted by Crippen LogP contribution is -2.38. The molecule has 2 nitrogen and oxygen atoms in total. The summed E-state index contributed by atoms with van der Waals surface area (Å²) in [6.45, 7) is 0. The van der Waals surface area contributed by atoms with Crippen molar-refractivity contribution in [2.75, 3.05) is 5.75 Å². The van der Waals surface area contributed by atoms with Crippen LogP contribution in [0, 0.1) is 23.7 Å². The van der Waals surface area contributed by atoms with Crippen molar-refractivity contribution in [2.24, 2.45) is 23.7 Å². The molecule has 1 N–H and O–H groups in total. The van der Waals surface area contributed by atoms with Gasteiger partial charge in [-0.25, -0.2) is 4.21 Å². The van der Waals surface area contributed by atoms with Crippen molar-refractivity contribution in [2.45, 2.75) is 38.3 Å². The fourth-order valence-electron chi connectivity index (χ4n) is 3.05. The molecule has 0 aromatic heterocycles. The normalized spacial score (nSPS) is 36.8. The van der Waals surface area contributed by atoms with E-state index < -0.39 is 29.1 Å². The van der Waals surface area contributed by atoms with Crippen molar-refractivity contribution in [3.8, 4) is 0 Å². The van der Waals surface area contributed by atoms with Crippen LogP contribution in [0.4, 0.5) is 13.2 Å². The van der Waals surface area contributed by atoms with Gasteiger partial charge in [-0.05, 0) is 49.9 Å². The van der Waals surface area contributed by atoms with E-state index in [0.717, 1.165) is 19.3 Å². The van der Waals surface area contributed by atoms with Crippen LogP contribution < -0.4 is 0 Å². The lowest BCUT2D eigenvalue weighted by Gasteiger charge is -2.36. The first-order valence-corrected chi connectivity index (χ1v) is 7.29. The quantitative estimate of drug-likeness (QED) is 0.799. The first-order valence-electron chi connectivity index (χ1n) is 6.02. The molecule has 0 heterocycles. The molecule has 0 bridgehead atoms. The number of hydrogen-bond acceptors (Lipinski definition) is 1. The standard InChI is InChI=1S/C11H17F3O2S/c12-11(13,14)10-5-8(7-1-2-7)3-4-9(10)6-17(15)16/h7-10H,1-6H2,(H,15,16). The van der Waals surface area contributed by atoms with Crippen LogP contribution in [-0.4, -0.2) is 20.7 Å². The molecule has 0 aromatic rings. The molecule has 0 spiro atoms. The van der Waals surface area contributed by atoms with E-state index in [0.29, 0.717) is 12.3 Å². The molecule has 0 radical (unpaired) electrons. The minimum Gasteiger partial charge on any atom is -0.306 e. The Bertz CT molecular complexity index is 302. The molecule has 4 unspecified atom stereocenters. The van der Waals surface area contributed by atoms with Crippen molar-refractivity contribution in [1.82, 2.24) is 0 Å². The van der Waals surface area contributed by atoms with Crippen LogP contribution in [0.15, 0.2) is 0 Å². The minimum atomic E-state index is -4.22. The van der Waals surface area contributed by atoms with Crippen molar-refractivity contribution >= 4 is 11.1 Å². The van der Waals surface area contributed by atoms with Gasteiger partial charge >= 0.3 is 6.18 Å². The average Bonchev–Trinajstić information content (AvgIpc) is 2.99. The summed E-state index contributed by atoms with van der Waals surface area (Å²) >= 11 is -2.12. The molecule has 2 aliphatic carbocycles. The molecule has 100 valence electrons. The lowest BCUT2D eigenvalue weighted by molar-refractivity contribution is -0.198. The Balaban J connectivity index is 2.03. The summed E-state index contributed by atoms with van der Waals surface area (Å²) in [6, 6.07) is 0. The smallest absolute Gasteiger partial charge is 0.306 e. The third-order valence-electron chi connectivity index (χ3n) is 4.10. The predicted molar refractivity (Wildman–Crippen MR) is 58.7 cm³/mol. The van der Waals surface area contributed by atoms with E-state index in [9.17, 15) is 17.4 Å². The van der Waals surface area contributed by atoms with Gasteiger partial charge in [-0.2, -0.15) is 13.2 Å². The lowest BCUT2D eigenvalue weighted by atomic mass is 9.73. The molecule has 2 fully saturated rings. The summed E-state index contributed by atoms with van der Waals surface area (Å²) in [7, 11) is 0. The largest absolute Gasteiger partial charge is 0.392 e. The summed E-state index contributed by atoms with van der Waals surface area (Å²) < 4.78 is 58.2. The monoisotopic (exact) mass is 270 g/mol. The molecule has 2 aliphatic rings.